The Kier molecular flexibility index (Phi) is 4.95. The van der Waals surface area contributed by atoms with E-state index in [0.29, 0.717) is 11.1 Å². The van der Waals surface area contributed by atoms with Crippen molar-refractivity contribution >= 4 is 23.2 Å². The fourth-order valence-corrected chi connectivity index (χ4v) is 4.02. The van der Waals surface area contributed by atoms with E-state index in [1.165, 1.54) is 0 Å². The van der Waals surface area contributed by atoms with Gasteiger partial charge in [-0.2, -0.15) is 0 Å². The topological polar surface area (TPSA) is 0 Å². The number of rotatable bonds is 2. The van der Waals surface area contributed by atoms with Gasteiger partial charge in [0.15, 0.2) is 0 Å². The number of halogens is 2. The molecule has 0 nitrogen and oxygen atoms in total. The van der Waals surface area contributed by atoms with Gasteiger partial charge in [0.05, 0.1) is 2.74 Å². The van der Waals surface area contributed by atoms with Crippen molar-refractivity contribution < 1.29 is 2.74 Å². The van der Waals surface area contributed by atoms with Gasteiger partial charge >= 0.3 is 0 Å². The third-order valence-corrected chi connectivity index (χ3v) is 5.48. The summed E-state index contributed by atoms with van der Waals surface area (Å²) in [5.74, 6) is 0. The lowest BCUT2D eigenvalue weighted by Gasteiger charge is -2.25. The van der Waals surface area contributed by atoms with Crippen LogP contribution in [0.3, 0.4) is 0 Å². The van der Waals surface area contributed by atoms with Crippen LogP contribution in [0.4, 0.5) is 0 Å². The van der Waals surface area contributed by atoms with Crippen LogP contribution in [0.15, 0.2) is 60.6 Å². The van der Waals surface area contributed by atoms with Gasteiger partial charge in [0, 0.05) is 21.2 Å². The third kappa shape index (κ3) is 4.14. The lowest BCUT2D eigenvalue weighted by atomic mass is 9.80. The molecule has 0 unspecified atom stereocenters. The second kappa shape index (κ2) is 7.58. The molecule has 0 fully saturated rings. The van der Waals surface area contributed by atoms with Crippen LogP contribution in [0, 0.1) is 0 Å². The molecule has 0 radical (unpaired) electrons. The van der Waals surface area contributed by atoms with E-state index in [2.05, 4.69) is 41.5 Å². The monoisotopic (exact) mass is 412 g/mol. The van der Waals surface area contributed by atoms with Crippen LogP contribution in [0.2, 0.25) is 10.0 Å². The van der Waals surface area contributed by atoms with Gasteiger partial charge in [-0.1, -0.05) is 113 Å². The highest BCUT2D eigenvalue weighted by Crippen LogP contribution is 2.43. The van der Waals surface area contributed by atoms with Crippen molar-refractivity contribution in [1.29, 1.82) is 0 Å². The lowest BCUT2D eigenvalue weighted by molar-refractivity contribution is 0.591. The Morgan fingerprint density at radius 3 is 1.21 bits per heavy atom. The van der Waals surface area contributed by atoms with Crippen molar-refractivity contribution in [2.75, 3.05) is 0 Å². The fourth-order valence-electron chi connectivity index (χ4n) is 3.54. The molecule has 0 saturated carbocycles. The Bertz CT molecular complexity index is 985. The quantitative estimate of drug-likeness (QED) is 0.393. The van der Waals surface area contributed by atoms with E-state index in [1.807, 2.05) is 48.5 Å². The van der Waals surface area contributed by atoms with Crippen LogP contribution in [0.5, 0.6) is 0 Å². The molecule has 0 aliphatic rings. The highest BCUT2D eigenvalue weighted by molar-refractivity contribution is 6.37. The number of hydrogen-bond donors (Lipinski definition) is 0. The van der Waals surface area contributed by atoms with Gasteiger partial charge in [0.1, 0.15) is 0 Å². The zero-order valence-corrected chi connectivity index (χ0v) is 18.9. The molecule has 0 spiro atoms. The van der Waals surface area contributed by atoms with Crippen molar-refractivity contribution in [2.24, 2.45) is 0 Å². The molecular weight excluding hydrogens is 383 g/mol. The Morgan fingerprint density at radius 1 is 0.571 bits per heavy atom. The SMILES string of the molecule is [2H]c1c(Cl)c(-c2ccccc2C(C)(C)C)c([2H])c(Cl)c1-c1ccccc1C(C)(C)C. The number of hydrogen-bond acceptors (Lipinski definition) is 0. The molecule has 0 aliphatic carbocycles. The Labute approximate surface area is 182 Å². The predicted octanol–water partition coefficient (Wildman–Crippen LogP) is 8.92. The first kappa shape index (κ1) is 18.3. The predicted molar refractivity (Wildman–Crippen MR) is 125 cm³/mol. The molecule has 0 aromatic heterocycles. The van der Waals surface area contributed by atoms with Crippen LogP contribution in [-0.2, 0) is 10.8 Å². The van der Waals surface area contributed by atoms with E-state index < -0.39 is 0 Å². The zero-order chi connectivity index (χ0) is 22.4. The van der Waals surface area contributed by atoms with E-state index >= 15 is 0 Å². The lowest BCUT2D eigenvalue weighted by Crippen LogP contribution is -2.13. The fraction of sp³-hybridized carbons (Fsp3) is 0.308. The highest BCUT2D eigenvalue weighted by atomic mass is 35.5. The number of benzene rings is 3. The van der Waals surface area contributed by atoms with Crippen molar-refractivity contribution in [3.63, 3.8) is 0 Å². The normalized spacial score (nSPS) is 13.3. The summed E-state index contributed by atoms with van der Waals surface area (Å²) in [4.78, 5) is 0. The second-order valence-electron chi connectivity index (χ2n) is 9.22. The molecule has 146 valence electrons. The molecule has 2 heteroatoms. The molecular formula is C26H28Cl2. The molecule has 0 aliphatic heterocycles. The van der Waals surface area contributed by atoms with Gasteiger partial charge in [-0.3, -0.25) is 0 Å². The minimum absolute atomic E-state index is 0.140. The molecule has 0 heterocycles. The van der Waals surface area contributed by atoms with Gasteiger partial charge < -0.3 is 0 Å². The molecule has 0 amide bonds. The van der Waals surface area contributed by atoms with E-state index in [9.17, 15) is 0 Å². The Morgan fingerprint density at radius 2 is 0.893 bits per heavy atom. The van der Waals surface area contributed by atoms with E-state index in [4.69, 9.17) is 25.9 Å². The first-order valence-corrected chi connectivity index (χ1v) is 10.3. The summed E-state index contributed by atoms with van der Waals surface area (Å²) in [7, 11) is 0. The molecule has 0 atom stereocenters. The van der Waals surface area contributed by atoms with Gasteiger partial charge in [-0.25, -0.2) is 0 Å². The van der Waals surface area contributed by atoms with Crippen LogP contribution in [0.25, 0.3) is 22.3 Å². The molecule has 28 heavy (non-hydrogen) atoms. The summed E-state index contributed by atoms with van der Waals surface area (Å²) in [5.41, 5.74) is 4.61. The highest BCUT2D eigenvalue weighted by Gasteiger charge is 2.23. The average molecular weight is 413 g/mol. The molecule has 3 aromatic rings. The minimum Gasteiger partial charge on any atom is -0.0836 e. The van der Waals surface area contributed by atoms with Gasteiger partial charge in [0.25, 0.3) is 0 Å². The molecule has 3 rings (SSSR count). The van der Waals surface area contributed by atoms with Crippen LogP contribution < -0.4 is 0 Å². The minimum atomic E-state index is -0.140. The summed E-state index contributed by atoms with van der Waals surface area (Å²) in [6, 6.07) is 16.2. The van der Waals surface area contributed by atoms with E-state index in [1.54, 1.807) is 0 Å². The van der Waals surface area contributed by atoms with E-state index in [-0.39, 0.29) is 33.0 Å². The van der Waals surface area contributed by atoms with Crippen molar-refractivity contribution in [3.05, 3.63) is 81.8 Å². The van der Waals surface area contributed by atoms with Crippen LogP contribution in [0.1, 0.15) is 55.4 Å². The van der Waals surface area contributed by atoms with Crippen LogP contribution >= 0.6 is 23.2 Å². The molecule has 0 N–H and O–H groups in total. The van der Waals surface area contributed by atoms with Gasteiger partial charge in [-0.15, -0.1) is 0 Å². The smallest absolute Gasteiger partial charge is 0.0646 e. The van der Waals surface area contributed by atoms with Crippen molar-refractivity contribution in [3.8, 4) is 22.3 Å². The second-order valence-corrected chi connectivity index (χ2v) is 9.98. The van der Waals surface area contributed by atoms with Gasteiger partial charge in [0.2, 0.25) is 0 Å². The summed E-state index contributed by atoms with van der Waals surface area (Å²) in [5, 5.41) is 0.527. The first-order valence-electron chi connectivity index (χ1n) is 10.5. The maximum atomic E-state index is 8.89. The van der Waals surface area contributed by atoms with Crippen molar-refractivity contribution in [2.45, 2.75) is 52.4 Å². The average Bonchev–Trinajstić information content (AvgIpc) is 2.66. The molecule has 0 saturated heterocycles. The summed E-state index contributed by atoms with van der Waals surface area (Å²) < 4.78 is 17.8. The summed E-state index contributed by atoms with van der Waals surface area (Å²) in [6.07, 6.45) is 0. The third-order valence-electron chi connectivity index (χ3n) is 4.92. The van der Waals surface area contributed by atoms with Crippen molar-refractivity contribution in [1.82, 2.24) is 0 Å². The Balaban J connectivity index is 2.38. The first-order chi connectivity index (χ1) is 13.9. The largest absolute Gasteiger partial charge is 0.0836 e. The maximum Gasteiger partial charge on any atom is 0.0646 e. The van der Waals surface area contributed by atoms with E-state index in [0.717, 1.165) is 22.3 Å². The summed E-state index contributed by atoms with van der Waals surface area (Å²) >= 11 is 13.6. The maximum absolute atomic E-state index is 8.89. The Hall–Kier alpha value is -1.76. The zero-order valence-electron chi connectivity index (χ0n) is 19.4. The van der Waals surface area contributed by atoms with Crippen LogP contribution in [-0.4, -0.2) is 0 Å². The molecule has 0 bridgehead atoms. The standard InChI is InChI=1S/C26H28Cl2/c1-25(2,3)21-13-9-7-11-17(21)19-15-24(28)20(16-23(19)27)18-12-8-10-14-22(18)26(4,5)6/h7-16H,1-6H3/i15D,16D. The molecule has 3 aromatic carbocycles. The summed E-state index contributed by atoms with van der Waals surface area (Å²) in [6.45, 7) is 12.8. The van der Waals surface area contributed by atoms with Gasteiger partial charge in [-0.05, 0) is 45.2 Å².